The Balaban J connectivity index is 2.19. The molecule has 0 saturated carbocycles. The van der Waals surface area contributed by atoms with Crippen molar-refractivity contribution in [1.29, 1.82) is 0 Å². The van der Waals surface area contributed by atoms with Gasteiger partial charge in [0.1, 0.15) is 0 Å². The minimum absolute atomic E-state index is 0.205. The molecule has 8 heteroatoms. The largest absolute Gasteiger partial charge is 0.462 e. The maximum atomic E-state index is 12.5. The normalized spacial score (nSPS) is 11.2. The second-order valence-corrected chi connectivity index (χ2v) is 7.73. The zero-order valence-corrected chi connectivity index (χ0v) is 20.5. The Morgan fingerprint density at radius 3 is 1.75 bits per heavy atom. The molecular weight excluding hydrogens is 460 g/mol. The summed E-state index contributed by atoms with van der Waals surface area (Å²) in [5, 5.41) is 8.86. The van der Waals surface area contributed by atoms with Gasteiger partial charge in [-0.15, -0.1) is 5.11 Å². The van der Waals surface area contributed by atoms with E-state index in [0.717, 1.165) is 5.56 Å². The number of hydrogen-bond donors (Lipinski definition) is 0. The van der Waals surface area contributed by atoms with Crippen molar-refractivity contribution in [2.75, 3.05) is 13.2 Å². The van der Waals surface area contributed by atoms with E-state index in [2.05, 4.69) is 10.2 Å². The molecule has 0 amide bonds. The first-order valence-electron chi connectivity index (χ1n) is 11.6. The van der Waals surface area contributed by atoms with Gasteiger partial charge in [-0.2, -0.15) is 5.11 Å². The molecule has 0 aliphatic heterocycles. The Hall–Kier alpha value is -4.33. The van der Waals surface area contributed by atoms with E-state index in [4.69, 9.17) is 14.2 Å². The molecule has 186 valence electrons. The Kier molecular flexibility index (Phi) is 9.05. The number of carbonyl (C=O) groups excluding carboxylic acids is 3. The summed E-state index contributed by atoms with van der Waals surface area (Å²) in [4.78, 5) is 37.3. The molecule has 0 aliphatic rings. The summed E-state index contributed by atoms with van der Waals surface area (Å²) in [6.07, 6.45) is 0. The lowest BCUT2D eigenvalue weighted by Gasteiger charge is -2.29. The molecule has 36 heavy (non-hydrogen) atoms. The van der Waals surface area contributed by atoms with Gasteiger partial charge in [0.15, 0.2) is 0 Å². The van der Waals surface area contributed by atoms with Crippen LogP contribution in [0.4, 0.5) is 0 Å². The molecule has 0 aromatic heterocycles. The number of nitrogens with zero attached hydrogens (tertiary/aromatic N) is 2. The fraction of sp³-hybridized carbons (Fsp3) is 0.250. The van der Waals surface area contributed by atoms with Crippen LogP contribution in [-0.2, 0) is 31.3 Å². The number of rotatable bonds is 10. The van der Waals surface area contributed by atoms with Gasteiger partial charge in [-0.1, -0.05) is 54.6 Å². The number of ether oxygens (including phenoxy) is 3. The van der Waals surface area contributed by atoms with Crippen molar-refractivity contribution < 1.29 is 28.6 Å². The summed E-state index contributed by atoms with van der Waals surface area (Å²) in [5.41, 5.74) is 0.364. The number of esters is 3. The number of hydrogen-bond acceptors (Lipinski definition) is 8. The van der Waals surface area contributed by atoms with Crippen LogP contribution in [0.3, 0.4) is 0 Å². The van der Waals surface area contributed by atoms with E-state index < -0.39 is 23.6 Å². The summed E-state index contributed by atoms with van der Waals surface area (Å²) >= 11 is 0. The van der Waals surface area contributed by atoms with E-state index in [-0.39, 0.29) is 30.9 Å². The Morgan fingerprint density at radius 2 is 1.28 bits per heavy atom. The second kappa shape index (κ2) is 12.4. The SMILES string of the molecule is CCOC(=O)c1cccc(C(N=NCc2ccccc2)(OC(C)=O)c2cccc(C(=O)OCC)c2)c1. The number of carbonyl (C=O) groups is 3. The summed E-state index contributed by atoms with van der Waals surface area (Å²) in [5.74, 6) is -1.69. The molecule has 0 saturated heterocycles. The van der Waals surface area contributed by atoms with E-state index in [9.17, 15) is 14.4 Å². The highest BCUT2D eigenvalue weighted by Gasteiger charge is 2.39. The number of benzene rings is 3. The molecular formula is C28H28N2O6. The average molecular weight is 489 g/mol. The summed E-state index contributed by atoms with van der Waals surface area (Å²) < 4.78 is 16.1. The molecule has 3 aromatic rings. The predicted octanol–water partition coefficient (Wildman–Crippen LogP) is 5.46. The van der Waals surface area contributed by atoms with Crippen molar-refractivity contribution >= 4 is 17.9 Å². The third kappa shape index (κ3) is 6.41. The molecule has 0 radical (unpaired) electrons. The van der Waals surface area contributed by atoms with Crippen LogP contribution in [0.1, 0.15) is 58.2 Å². The summed E-state index contributed by atoms with van der Waals surface area (Å²) in [6, 6.07) is 22.4. The van der Waals surface area contributed by atoms with E-state index in [1.165, 1.54) is 6.92 Å². The van der Waals surface area contributed by atoms with Crippen molar-refractivity contribution in [2.24, 2.45) is 10.2 Å². The van der Waals surface area contributed by atoms with Crippen LogP contribution in [0.2, 0.25) is 0 Å². The highest BCUT2D eigenvalue weighted by Crippen LogP contribution is 2.37. The highest BCUT2D eigenvalue weighted by atomic mass is 16.6. The van der Waals surface area contributed by atoms with Crippen LogP contribution in [0.15, 0.2) is 89.1 Å². The first-order chi connectivity index (χ1) is 17.4. The highest BCUT2D eigenvalue weighted by molar-refractivity contribution is 5.90. The topological polar surface area (TPSA) is 104 Å². The molecule has 3 aromatic carbocycles. The Labute approximate surface area is 209 Å². The van der Waals surface area contributed by atoms with Gasteiger partial charge in [0.25, 0.3) is 5.72 Å². The van der Waals surface area contributed by atoms with Crippen LogP contribution in [-0.4, -0.2) is 31.1 Å². The van der Waals surface area contributed by atoms with Crippen molar-refractivity contribution in [3.63, 3.8) is 0 Å². The van der Waals surface area contributed by atoms with Gasteiger partial charge >= 0.3 is 17.9 Å². The minimum atomic E-state index is -1.77. The van der Waals surface area contributed by atoms with Crippen LogP contribution >= 0.6 is 0 Å². The van der Waals surface area contributed by atoms with Crippen molar-refractivity contribution in [2.45, 2.75) is 33.0 Å². The van der Waals surface area contributed by atoms with Crippen molar-refractivity contribution in [3.05, 3.63) is 107 Å². The van der Waals surface area contributed by atoms with Crippen LogP contribution in [0.5, 0.6) is 0 Å². The first-order valence-corrected chi connectivity index (χ1v) is 11.6. The predicted molar refractivity (Wildman–Crippen MR) is 132 cm³/mol. The monoisotopic (exact) mass is 488 g/mol. The van der Waals surface area contributed by atoms with E-state index in [1.54, 1.807) is 62.4 Å². The smallest absolute Gasteiger partial charge is 0.338 e. The zero-order chi connectivity index (χ0) is 26.0. The average Bonchev–Trinajstić information content (AvgIpc) is 2.89. The van der Waals surface area contributed by atoms with Gasteiger partial charge in [-0.05, 0) is 43.7 Å². The lowest BCUT2D eigenvalue weighted by Crippen LogP contribution is -2.31. The molecule has 0 bridgehead atoms. The van der Waals surface area contributed by atoms with E-state index >= 15 is 0 Å². The fourth-order valence-electron chi connectivity index (χ4n) is 3.57. The second-order valence-electron chi connectivity index (χ2n) is 7.73. The van der Waals surface area contributed by atoms with Crippen molar-refractivity contribution in [3.8, 4) is 0 Å². The molecule has 0 N–H and O–H groups in total. The summed E-state index contributed by atoms with van der Waals surface area (Å²) in [6.45, 7) is 5.31. The molecule has 3 rings (SSSR count). The van der Waals surface area contributed by atoms with Gasteiger partial charge in [0.05, 0.1) is 30.9 Å². The number of azo groups is 1. The maximum Gasteiger partial charge on any atom is 0.338 e. The maximum absolute atomic E-state index is 12.5. The lowest BCUT2D eigenvalue weighted by atomic mass is 9.92. The molecule has 8 nitrogen and oxygen atoms in total. The van der Waals surface area contributed by atoms with E-state index in [1.807, 2.05) is 30.3 Å². The van der Waals surface area contributed by atoms with Gasteiger partial charge in [-0.3, -0.25) is 4.79 Å². The molecule has 0 unspecified atom stereocenters. The van der Waals surface area contributed by atoms with Gasteiger partial charge in [0.2, 0.25) is 0 Å². The lowest BCUT2D eigenvalue weighted by molar-refractivity contribution is -0.154. The molecule has 0 aliphatic carbocycles. The third-order valence-electron chi connectivity index (χ3n) is 5.13. The van der Waals surface area contributed by atoms with Crippen molar-refractivity contribution in [1.82, 2.24) is 0 Å². The molecule has 0 spiro atoms. The van der Waals surface area contributed by atoms with Gasteiger partial charge in [-0.25, -0.2) is 9.59 Å². The van der Waals surface area contributed by atoms with Crippen LogP contribution in [0, 0.1) is 0 Å². The standard InChI is InChI=1S/C28H28N2O6/c1-4-34-26(32)22-13-9-15-24(17-22)28(36-20(3)31,30-29-19-21-11-7-6-8-12-21)25-16-10-14-23(18-25)27(33)35-5-2/h6-18H,4-5,19H2,1-3H3. The molecule has 0 atom stereocenters. The van der Waals surface area contributed by atoms with Crippen LogP contribution in [0.25, 0.3) is 0 Å². The zero-order valence-electron chi connectivity index (χ0n) is 20.5. The van der Waals surface area contributed by atoms with Crippen LogP contribution < -0.4 is 0 Å². The van der Waals surface area contributed by atoms with E-state index in [0.29, 0.717) is 11.1 Å². The Morgan fingerprint density at radius 1 is 0.750 bits per heavy atom. The third-order valence-corrected chi connectivity index (χ3v) is 5.13. The molecule has 0 fully saturated rings. The Bertz CT molecular complexity index is 1180. The fourth-order valence-corrected chi connectivity index (χ4v) is 3.57. The quantitative estimate of drug-likeness (QED) is 0.213. The minimum Gasteiger partial charge on any atom is -0.462 e. The summed E-state index contributed by atoms with van der Waals surface area (Å²) in [7, 11) is 0. The molecule has 0 heterocycles. The van der Waals surface area contributed by atoms with Gasteiger partial charge < -0.3 is 14.2 Å². The first kappa shape index (κ1) is 26.3. The van der Waals surface area contributed by atoms with Gasteiger partial charge in [0, 0.05) is 18.1 Å².